The highest BCUT2D eigenvalue weighted by Gasteiger charge is 2.04. The Hall–Kier alpha value is -1.02. The van der Waals surface area contributed by atoms with Crippen molar-refractivity contribution in [2.45, 2.75) is 33.1 Å². The van der Waals surface area contributed by atoms with E-state index in [0.29, 0.717) is 0 Å². The molecule has 1 aromatic carbocycles. The first-order valence-electron chi connectivity index (χ1n) is 5.88. The molecular weight excluding hydrogens is 184 g/mol. The summed E-state index contributed by atoms with van der Waals surface area (Å²) in [6.45, 7) is 6.12. The number of rotatable bonds is 6. The van der Waals surface area contributed by atoms with Gasteiger partial charge in [-0.3, -0.25) is 0 Å². The van der Waals surface area contributed by atoms with Crippen molar-refractivity contribution in [1.82, 2.24) is 0 Å². The quantitative estimate of drug-likeness (QED) is 0.702. The van der Waals surface area contributed by atoms with E-state index in [1.807, 2.05) is 0 Å². The van der Waals surface area contributed by atoms with Gasteiger partial charge >= 0.3 is 0 Å². The third kappa shape index (κ3) is 3.24. The van der Waals surface area contributed by atoms with Crippen molar-refractivity contribution in [1.29, 1.82) is 0 Å². The summed E-state index contributed by atoms with van der Waals surface area (Å²) in [6.07, 6.45) is 3.19. The highest BCUT2D eigenvalue weighted by molar-refractivity contribution is 5.57. The van der Waals surface area contributed by atoms with Crippen LogP contribution in [0.5, 0.6) is 0 Å². The number of benzene rings is 1. The fourth-order valence-corrected chi connectivity index (χ4v) is 1.79. The Morgan fingerprint density at radius 2 is 1.73 bits per heavy atom. The van der Waals surface area contributed by atoms with Crippen LogP contribution in [0.15, 0.2) is 18.2 Å². The number of anilines is 1. The Morgan fingerprint density at radius 1 is 1.13 bits per heavy atom. The molecule has 15 heavy (non-hydrogen) atoms. The molecule has 0 aliphatic carbocycles. The molecule has 0 atom stereocenters. The van der Waals surface area contributed by atoms with Crippen LogP contribution in [0.25, 0.3) is 0 Å². The molecule has 84 valence electrons. The zero-order valence-electron chi connectivity index (χ0n) is 9.84. The number of hydrogen-bond donors (Lipinski definition) is 2. The van der Waals surface area contributed by atoms with Gasteiger partial charge in [-0.15, -0.1) is 0 Å². The third-order valence-electron chi connectivity index (χ3n) is 2.68. The lowest BCUT2D eigenvalue weighted by atomic mass is 10.0. The van der Waals surface area contributed by atoms with Gasteiger partial charge in [0.2, 0.25) is 0 Å². The lowest BCUT2D eigenvalue weighted by Crippen LogP contribution is -2.11. The van der Waals surface area contributed by atoms with Gasteiger partial charge < -0.3 is 11.1 Å². The minimum atomic E-state index is 0.753. The van der Waals surface area contributed by atoms with Crippen LogP contribution in [0.4, 0.5) is 5.69 Å². The van der Waals surface area contributed by atoms with Gasteiger partial charge in [0.25, 0.3) is 0 Å². The van der Waals surface area contributed by atoms with E-state index in [9.17, 15) is 0 Å². The number of nitrogens with two attached hydrogens (primary N) is 1. The van der Waals surface area contributed by atoms with Crippen molar-refractivity contribution in [2.75, 3.05) is 18.4 Å². The van der Waals surface area contributed by atoms with Crippen LogP contribution in [-0.2, 0) is 12.8 Å². The molecule has 1 aromatic rings. The average molecular weight is 206 g/mol. The summed E-state index contributed by atoms with van der Waals surface area (Å²) in [4.78, 5) is 0. The van der Waals surface area contributed by atoms with Gasteiger partial charge in [0.15, 0.2) is 0 Å². The first kappa shape index (κ1) is 12.1. The molecule has 3 N–H and O–H groups in total. The predicted molar refractivity (Wildman–Crippen MR) is 67.4 cm³/mol. The lowest BCUT2D eigenvalue weighted by Gasteiger charge is -2.14. The fourth-order valence-electron chi connectivity index (χ4n) is 1.79. The second-order valence-electron chi connectivity index (χ2n) is 3.73. The van der Waals surface area contributed by atoms with Crippen LogP contribution in [0, 0.1) is 0 Å². The molecule has 0 heterocycles. The van der Waals surface area contributed by atoms with E-state index in [-0.39, 0.29) is 0 Å². The van der Waals surface area contributed by atoms with Gasteiger partial charge in [0, 0.05) is 12.2 Å². The fraction of sp³-hybridized carbons (Fsp3) is 0.538. The highest BCUT2D eigenvalue weighted by atomic mass is 14.9. The first-order chi connectivity index (χ1) is 7.33. The normalized spacial score (nSPS) is 10.3. The molecule has 0 aromatic heterocycles. The molecule has 0 fully saturated rings. The van der Waals surface area contributed by atoms with Crippen molar-refractivity contribution in [3.05, 3.63) is 29.3 Å². The van der Waals surface area contributed by atoms with Gasteiger partial charge in [0.1, 0.15) is 0 Å². The summed E-state index contributed by atoms with van der Waals surface area (Å²) in [6, 6.07) is 6.54. The molecule has 0 unspecified atom stereocenters. The summed E-state index contributed by atoms with van der Waals surface area (Å²) in [5, 5.41) is 3.50. The monoisotopic (exact) mass is 206 g/mol. The van der Waals surface area contributed by atoms with Crippen molar-refractivity contribution in [3.8, 4) is 0 Å². The SMILES string of the molecule is CCc1cccc(CC)c1NCCCN. The summed E-state index contributed by atoms with van der Waals surface area (Å²) in [7, 11) is 0. The number of aryl methyl sites for hydroxylation is 2. The summed E-state index contributed by atoms with van der Waals surface area (Å²) < 4.78 is 0. The molecule has 0 spiro atoms. The van der Waals surface area contributed by atoms with Crippen LogP contribution in [0.3, 0.4) is 0 Å². The summed E-state index contributed by atoms with van der Waals surface area (Å²) >= 11 is 0. The first-order valence-corrected chi connectivity index (χ1v) is 5.88. The Kier molecular flexibility index (Phi) is 5.19. The van der Waals surface area contributed by atoms with Crippen LogP contribution in [0.2, 0.25) is 0 Å². The van der Waals surface area contributed by atoms with E-state index in [1.165, 1.54) is 16.8 Å². The molecule has 0 aliphatic rings. The standard InChI is InChI=1S/C13H22N2/c1-3-11-7-5-8-12(4-2)13(11)15-10-6-9-14/h5,7-8,15H,3-4,6,9-10,14H2,1-2H3. The minimum absolute atomic E-state index is 0.753. The Labute approximate surface area is 92.9 Å². The Bertz CT molecular complexity index is 272. The van der Waals surface area contributed by atoms with Crippen molar-refractivity contribution in [2.24, 2.45) is 5.73 Å². The molecule has 0 aliphatic heterocycles. The van der Waals surface area contributed by atoms with Crippen LogP contribution in [0.1, 0.15) is 31.4 Å². The highest BCUT2D eigenvalue weighted by Crippen LogP contribution is 2.22. The second-order valence-corrected chi connectivity index (χ2v) is 3.73. The van der Waals surface area contributed by atoms with Gasteiger partial charge in [-0.25, -0.2) is 0 Å². The molecule has 0 saturated carbocycles. The lowest BCUT2D eigenvalue weighted by molar-refractivity contribution is 0.869. The largest absolute Gasteiger partial charge is 0.385 e. The van der Waals surface area contributed by atoms with Crippen molar-refractivity contribution in [3.63, 3.8) is 0 Å². The van der Waals surface area contributed by atoms with E-state index in [0.717, 1.165) is 32.4 Å². The van der Waals surface area contributed by atoms with Gasteiger partial charge in [-0.05, 0) is 36.9 Å². The molecule has 1 rings (SSSR count). The van der Waals surface area contributed by atoms with Crippen LogP contribution >= 0.6 is 0 Å². The van der Waals surface area contributed by atoms with Gasteiger partial charge in [-0.1, -0.05) is 32.0 Å². The van der Waals surface area contributed by atoms with Crippen LogP contribution in [-0.4, -0.2) is 13.1 Å². The molecule has 2 heteroatoms. The average Bonchev–Trinajstić information content (AvgIpc) is 2.29. The Morgan fingerprint density at radius 3 is 2.20 bits per heavy atom. The van der Waals surface area contributed by atoms with Crippen LogP contribution < -0.4 is 11.1 Å². The second kappa shape index (κ2) is 6.46. The predicted octanol–water partition coefficient (Wildman–Crippen LogP) is 2.57. The maximum atomic E-state index is 5.49. The molecule has 0 saturated heterocycles. The van der Waals surface area contributed by atoms with E-state index in [4.69, 9.17) is 5.73 Å². The van der Waals surface area contributed by atoms with E-state index in [2.05, 4.69) is 37.4 Å². The third-order valence-corrected chi connectivity index (χ3v) is 2.68. The Balaban J connectivity index is 2.80. The molecule has 2 nitrogen and oxygen atoms in total. The number of nitrogens with one attached hydrogen (secondary N) is 1. The maximum absolute atomic E-state index is 5.49. The van der Waals surface area contributed by atoms with E-state index < -0.39 is 0 Å². The molecule has 0 bridgehead atoms. The number of hydrogen-bond acceptors (Lipinski definition) is 2. The zero-order valence-corrected chi connectivity index (χ0v) is 9.84. The number of para-hydroxylation sites is 1. The van der Waals surface area contributed by atoms with E-state index >= 15 is 0 Å². The molecular formula is C13H22N2. The van der Waals surface area contributed by atoms with Gasteiger partial charge in [-0.2, -0.15) is 0 Å². The van der Waals surface area contributed by atoms with Crippen molar-refractivity contribution < 1.29 is 0 Å². The topological polar surface area (TPSA) is 38.0 Å². The minimum Gasteiger partial charge on any atom is -0.385 e. The maximum Gasteiger partial charge on any atom is 0.0405 e. The summed E-state index contributed by atoms with van der Waals surface area (Å²) in [5.41, 5.74) is 9.64. The molecule has 0 amide bonds. The zero-order chi connectivity index (χ0) is 11.1. The van der Waals surface area contributed by atoms with Gasteiger partial charge in [0.05, 0.1) is 0 Å². The smallest absolute Gasteiger partial charge is 0.0405 e. The van der Waals surface area contributed by atoms with E-state index in [1.54, 1.807) is 0 Å². The molecule has 0 radical (unpaired) electrons. The van der Waals surface area contributed by atoms with Crippen molar-refractivity contribution >= 4 is 5.69 Å². The summed E-state index contributed by atoms with van der Waals surface area (Å²) in [5.74, 6) is 0.